The first kappa shape index (κ1) is 30.9. The van der Waals surface area contributed by atoms with Crippen LogP contribution >= 0.6 is 0 Å². The summed E-state index contributed by atoms with van der Waals surface area (Å²) in [7, 11) is -3.55. The fourth-order valence-electron chi connectivity index (χ4n) is 4.67. The van der Waals surface area contributed by atoms with Crippen molar-refractivity contribution in [2.24, 2.45) is 0 Å². The maximum Gasteiger partial charge on any atom is 0.243 e. The second kappa shape index (κ2) is 15.2. The summed E-state index contributed by atoms with van der Waals surface area (Å²) in [6.07, 6.45) is 3.81. The van der Waals surface area contributed by atoms with E-state index in [2.05, 4.69) is 12.2 Å². The molecule has 214 valence electrons. The number of sulfonamides is 1. The minimum Gasteiger partial charge on any atom is -0.354 e. The lowest BCUT2D eigenvalue weighted by atomic mass is 10.0. The van der Waals surface area contributed by atoms with Gasteiger partial charge in [-0.25, -0.2) is 8.42 Å². The summed E-state index contributed by atoms with van der Waals surface area (Å²) >= 11 is 0. The van der Waals surface area contributed by atoms with E-state index in [1.54, 1.807) is 17.0 Å². The van der Waals surface area contributed by atoms with Gasteiger partial charge in [0.15, 0.2) is 0 Å². The Balaban J connectivity index is 1.85. The number of para-hydroxylation sites is 1. The Morgan fingerprint density at radius 2 is 1.45 bits per heavy atom. The molecule has 0 fully saturated rings. The fourth-order valence-corrected chi connectivity index (χ4v) is 5.69. The van der Waals surface area contributed by atoms with Crippen molar-refractivity contribution in [1.29, 1.82) is 0 Å². The zero-order chi connectivity index (χ0) is 29.0. The molecule has 0 bridgehead atoms. The summed E-state index contributed by atoms with van der Waals surface area (Å²) in [5.74, 6) is -0.368. The molecule has 0 aliphatic heterocycles. The number of nitrogens with zero attached hydrogens (tertiary/aromatic N) is 2. The minimum absolute atomic E-state index is 0.109. The number of benzene rings is 3. The Labute approximate surface area is 239 Å². The standard InChI is InChI=1S/C32H41N3O4S/c1-4-5-22-33-32(37)30(24-27-16-8-6-9-17-27)34(25-28-18-10-7-11-19-28)31(36)21-14-23-35(40(3,38)39)29-20-13-12-15-26(29)2/h6-13,15-20,30H,4-5,14,21-25H2,1-3H3,(H,33,37)/t30-/m1/s1. The number of rotatable bonds is 15. The van der Waals surface area contributed by atoms with Gasteiger partial charge in [0.1, 0.15) is 6.04 Å². The first-order valence-corrected chi connectivity index (χ1v) is 15.7. The van der Waals surface area contributed by atoms with Gasteiger partial charge in [-0.15, -0.1) is 0 Å². The van der Waals surface area contributed by atoms with Crippen molar-refractivity contribution < 1.29 is 18.0 Å². The van der Waals surface area contributed by atoms with Gasteiger partial charge in [-0.1, -0.05) is 92.2 Å². The largest absolute Gasteiger partial charge is 0.354 e. The molecule has 1 N–H and O–H groups in total. The Hall–Kier alpha value is -3.65. The number of anilines is 1. The van der Waals surface area contributed by atoms with Crippen LogP contribution in [0.25, 0.3) is 0 Å². The van der Waals surface area contributed by atoms with Gasteiger partial charge in [-0.05, 0) is 42.5 Å². The Kier molecular flexibility index (Phi) is 11.8. The van der Waals surface area contributed by atoms with Gasteiger partial charge in [0.05, 0.1) is 11.9 Å². The highest BCUT2D eigenvalue weighted by Crippen LogP contribution is 2.23. The molecule has 1 atom stereocenters. The molecule has 0 unspecified atom stereocenters. The number of hydrogen-bond acceptors (Lipinski definition) is 4. The second-order valence-electron chi connectivity index (χ2n) is 10.1. The van der Waals surface area contributed by atoms with Crippen LogP contribution in [-0.4, -0.2) is 50.5 Å². The molecule has 0 aliphatic carbocycles. The van der Waals surface area contributed by atoms with Crippen LogP contribution in [0, 0.1) is 6.92 Å². The van der Waals surface area contributed by atoms with Crippen molar-refractivity contribution in [3.8, 4) is 0 Å². The van der Waals surface area contributed by atoms with E-state index < -0.39 is 16.1 Å². The maximum atomic E-state index is 13.8. The molecule has 0 aliphatic rings. The van der Waals surface area contributed by atoms with Gasteiger partial charge < -0.3 is 10.2 Å². The summed E-state index contributed by atoms with van der Waals surface area (Å²) in [5.41, 5.74) is 3.34. The van der Waals surface area contributed by atoms with Crippen LogP contribution < -0.4 is 9.62 Å². The van der Waals surface area contributed by atoms with E-state index in [4.69, 9.17) is 0 Å². The van der Waals surface area contributed by atoms with E-state index in [-0.39, 0.29) is 31.3 Å². The zero-order valence-corrected chi connectivity index (χ0v) is 24.6. The molecule has 40 heavy (non-hydrogen) atoms. The Bertz CT molecular complexity index is 1330. The van der Waals surface area contributed by atoms with Crippen LogP contribution in [0.1, 0.15) is 49.3 Å². The van der Waals surface area contributed by atoms with E-state index in [1.165, 1.54) is 10.6 Å². The predicted octanol–water partition coefficient (Wildman–Crippen LogP) is 5.10. The third-order valence-electron chi connectivity index (χ3n) is 6.83. The first-order chi connectivity index (χ1) is 19.2. The molecule has 3 rings (SSSR count). The number of carbonyl (C=O) groups is 2. The van der Waals surface area contributed by atoms with Crippen molar-refractivity contribution in [3.63, 3.8) is 0 Å². The smallest absolute Gasteiger partial charge is 0.243 e. The average Bonchev–Trinajstić information content (AvgIpc) is 2.94. The molecule has 0 heterocycles. The lowest BCUT2D eigenvalue weighted by Crippen LogP contribution is -2.50. The molecule has 0 saturated carbocycles. The summed E-state index contributed by atoms with van der Waals surface area (Å²) < 4.78 is 26.6. The van der Waals surface area contributed by atoms with Crippen molar-refractivity contribution in [3.05, 3.63) is 102 Å². The Morgan fingerprint density at radius 3 is 2.05 bits per heavy atom. The summed E-state index contributed by atoms with van der Waals surface area (Å²) in [4.78, 5) is 29.0. The summed E-state index contributed by atoms with van der Waals surface area (Å²) in [6.45, 7) is 4.93. The molecule has 0 saturated heterocycles. The second-order valence-corrected chi connectivity index (χ2v) is 12.0. The number of aryl methyl sites for hydroxylation is 1. The monoisotopic (exact) mass is 563 g/mol. The van der Waals surface area contributed by atoms with Gasteiger partial charge in [0.25, 0.3) is 0 Å². The van der Waals surface area contributed by atoms with E-state index in [9.17, 15) is 18.0 Å². The van der Waals surface area contributed by atoms with E-state index in [0.29, 0.717) is 25.1 Å². The molecular weight excluding hydrogens is 522 g/mol. The molecule has 7 nitrogen and oxygen atoms in total. The predicted molar refractivity (Wildman–Crippen MR) is 161 cm³/mol. The molecule has 3 aromatic carbocycles. The van der Waals surface area contributed by atoms with Crippen molar-refractivity contribution in [2.45, 2.75) is 58.5 Å². The fraction of sp³-hybridized carbons (Fsp3) is 0.375. The van der Waals surface area contributed by atoms with E-state index in [0.717, 1.165) is 29.5 Å². The number of hydrogen-bond donors (Lipinski definition) is 1. The summed E-state index contributed by atoms with van der Waals surface area (Å²) in [5, 5.41) is 3.03. The average molecular weight is 564 g/mol. The summed E-state index contributed by atoms with van der Waals surface area (Å²) in [6, 6.07) is 25.9. The third-order valence-corrected chi connectivity index (χ3v) is 8.01. The number of nitrogens with one attached hydrogen (secondary N) is 1. The van der Waals surface area contributed by atoms with Crippen LogP contribution in [0.4, 0.5) is 5.69 Å². The molecule has 8 heteroatoms. The van der Waals surface area contributed by atoms with Crippen LogP contribution in [0.5, 0.6) is 0 Å². The van der Waals surface area contributed by atoms with Gasteiger partial charge in [-0.2, -0.15) is 0 Å². The molecule has 0 radical (unpaired) electrons. The first-order valence-electron chi connectivity index (χ1n) is 13.9. The SMILES string of the molecule is CCCCNC(=O)[C@@H](Cc1ccccc1)N(Cc1ccccc1)C(=O)CCCN(c1ccccc1C)S(C)(=O)=O. The van der Waals surface area contributed by atoms with Crippen molar-refractivity contribution >= 4 is 27.5 Å². The lowest BCUT2D eigenvalue weighted by Gasteiger charge is -2.32. The van der Waals surface area contributed by atoms with Crippen LogP contribution in [-0.2, 0) is 32.6 Å². The number of carbonyl (C=O) groups excluding carboxylic acids is 2. The highest BCUT2D eigenvalue weighted by atomic mass is 32.2. The van der Waals surface area contributed by atoms with Crippen LogP contribution in [0.3, 0.4) is 0 Å². The number of amides is 2. The molecule has 0 aromatic heterocycles. The molecule has 0 spiro atoms. The van der Waals surface area contributed by atoms with E-state index in [1.807, 2.05) is 79.7 Å². The van der Waals surface area contributed by atoms with Crippen molar-refractivity contribution in [2.75, 3.05) is 23.7 Å². The van der Waals surface area contributed by atoms with Crippen LogP contribution in [0.2, 0.25) is 0 Å². The normalized spacial score (nSPS) is 12.0. The van der Waals surface area contributed by atoms with Gasteiger partial charge in [0, 0.05) is 32.5 Å². The highest BCUT2D eigenvalue weighted by Gasteiger charge is 2.30. The Morgan fingerprint density at radius 1 is 0.850 bits per heavy atom. The van der Waals surface area contributed by atoms with Gasteiger partial charge in [0.2, 0.25) is 21.8 Å². The van der Waals surface area contributed by atoms with Gasteiger partial charge in [-0.3, -0.25) is 13.9 Å². The molecule has 3 aromatic rings. The van der Waals surface area contributed by atoms with E-state index >= 15 is 0 Å². The lowest BCUT2D eigenvalue weighted by molar-refractivity contribution is -0.141. The van der Waals surface area contributed by atoms with Gasteiger partial charge >= 0.3 is 0 Å². The number of unbranched alkanes of at least 4 members (excludes halogenated alkanes) is 1. The molecular formula is C32H41N3O4S. The zero-order valence-electron chi connectivity index (χ0n) is 23.8. The van der Waals surface area contributed by atoms with Crippen molar-refractivity contribution in [1.82, 2.24) is 10.2 Å². The minimum atomic E-state index is -3.55. The third kappa shape index (κ3) is 9.23. The van der Waals surface area contributed by atoms with Crippen LogP contribution in [0.15, 0.2) is 84.9 Å². The molecule has 2 amide bonds. The quantitative estimate of drug-likeness (QED) is 0.261. The maximum absolute atomic E-state index is 13.8. The topological polar surface area (TPSA) is 86.8 Å². The highest BCUT2D eigenvalue weighted by molar-refractivity contribution is 7.92.